The predicted molar refractivity (Wildman–Crippen MR) is 79.7 cm³/mol. The van der Waals surface area contributed by atoms with E-state index in [1.165, 1.54) is 16.0 Å². The zero-order valence-corrected chi connectivity index (χ0v) is 11.4. The molecule has 18 heavy (non-hydrogen) atoms. The van der Waals surface area contributed by atoms with Crippen molar-refractivity contribution in [3.8, 4) is 0 Å². The first kappa shape index (κ1) is 11.4. The number of hydrogen-bond acceptors (Lipinski definition) is 7. The number of rotatable bonds is 3. The molecule has 0 unspecified atom stereocenters. The Morgan fingerprint density at radius 1 is 1.33 bits per heavy atom. The van der Waals surface area contributed by atoms with E-state index in [0.717, 1.165) is 21.3 Å². The number of nitrogens with one attached hydrogen (secondary N) is 1. The van der Waals surface area contributed by atoms with E-state index in [1.54, 1.807) is 23.7 Å². The van der Waals surface area contributed by atoms with Gasteiger partial charge in [-0.15, -0.1) is 11.3 Å². The lowest BCUT2D eigenvalue weighted by Crippen LogP contribution is -1.92. The summed E-state index contributed by atoms with van der Waals surface area (Å²) in [6, 6.07) is 4.04. The largest absolute Gasteiger partial charge is 0.316 e. The van der Waals surface area contributed by atoms with E-state index in [4.69, 9.17) is 0 Å². The van der Waals surface area contributed by atoms with Crippen LogP contribution in [0.2, 0.25) is 0 Å². The second-order valence-electron chi connectivity index (χ2n) is 3.32. The van der Waals surface area contributed by atoms with Gasteiger partial charge in [-0.3, -0.25) is 0 Å². The smallest absolute Gasteiger partial charge is 0.190 e. The van der Waals surface area contributed by atoms with Crippen LogP contribution in [0.5, 0.6) is 0 Å². The van der Waals surface area contributed by atoms with Crippen LogP contribution in [0.25, 0.3) is 10.1 Å². The van der Waals surface area contributed by atoms with E-state index < -0.39 is 0 Å². The van der Waals surface area contributed by atoms with Gasteiger partial charge < -0.3 is 5.32 Å². The van der Waals surface area contributed by atoms with Crippen molar-refractivity contribution in [1.29, 1.82) is 0 Å². The highest BCUT2D eigenvalue weighted by Crippen LogP contribution is 2.31. The van der Waals surface area contributed by atoms with E-state index in [2.05, 4.69) is 37.7 Å². The van der Waals surface area contributed by atoms with E-state index in [-0.39, 0.29) is 0 Å². The predicted octanol–water partition coefficient (Wildman–Crippen LogP) is 4.23. The molecule has 3 aromatic rings. The number of pyridine rings is 1. The topological polar surface area (TPSA) is 50.2 Å². The molecule has 0 radical (unpaired) electrons. The number of isothiocyanates is 1. The van der Waals surface area contributed by atoms with Crippen molar-refractivity contribution < 1.29 is 0 Å². The zero-order chi connectivity index (χ0) is 12.4. The fraction of sp³-hybridized carbons (Fsp3) is 0. The third kappa shape index (κ3) is 2.16. The van der Waals surface area contributed by atoms with Crippen molar-refractivity contribution >= 4 is 66.1 Å². The van der Waals surface area contributed by atoms with Crippen molar-refractivity contribution in [3.63, 3.8) is 0 Å². The summed E-state index contributed by atoms with van der Waals surface area (Å²) in [6.07, 6.45) is 3.44. The lowest BCUT2D eigenvalue weighted by molar-refractivity contribution is 1.31. The van der Waals surface area contributed by atoms with Crippen LogP contribution in [-0.4, -0.2) is 15.1 Å². The second kappa shape index (κ2) is 4.91. The second-order valence-corrected chi connectivity index (χ2v) is 5.46. The van der Waals surface area contributed by atoms with Crippen LogP contribution in [0.3, 0.4) is 0 Å². The maximum Gasteiger partial charge on any atom is 0.190 e. The van der Waals surface area contributed by atoms with Crippen molar-refractivity contribution in [2.75, 3.05) is 5.32 Å². The highest BCUT2D eigenvalue weighted by atomic mass is 32.1. The van der Waals surface area contributed by atoms with Crippen LogP contribution < -0.4 is 5.32 Å². The molecule has 3 heterocycles. The Labute approximate surface area is 116 Å². The van der Waals surface area contributed by atoms with Crippen LogP contribution in [0.15, 0.2) is 34.9 Å². The number of anilines is 2. The van der Waals surface area contributed by atoms with Crippen LogP contribution in [0.4, 0.5) is 16.0 Å². The monoisotopic (exact) mass is 290 g/mol. The van der Waals surface area contributed by atoms with Crippen molar-refractivity contribution in [3.05, 3.63) is 29.9 Å². The SMILES string of the molecule is S=C=Nc1cnc(Nc2nccc3sccc23)s1. The Kier molecular flexibility index (Phi) is 3.12. The summed E-state index contributed by atoms with van der Waals surface area (Å²) in [7, 11) is 0. The number of thiazole rings is 1. The number of thiocarbonyl (C=S) groups is 1. The summed E-state index contributed by atoms with van der Waals surface area (Å²) in [5.41, 5.74) is 0. The van der Waals surface area contributed by atoms with Crippen molar-refractivity contribution in [1.82, 2.24) is 9.97 Å². The van der Waals surface area contributed by atoms with Gasteiger partial charge in [0.25, 0.3) is 0 Å². The molecule has 0 amide bonds. The molecule has 0 saturated heterocycles. The molecule has 0 fully saturated rings. The van der Waals surface area contributed by atoms with Crippen LogP contribution in [0, 0.1) is 0 Å². The van der Waals surface area contributed by atoms with Crippen LogP contribution in [0.1, 0.15) is 0 Å². The summed E-state index contributed by atoms with van der Waals surface area (Å²) < 4.78 is 1.20. The van der Waals surface area contributed by atoms with Gasteiger partial charge in [0.05, 0.1) is 11.4 Å². The number of aliphatic imine (C=N–C) groups is 1. The summed E-state index contributed by atoms with van der Waals surface area (Å²) in [5, 5.41) is 10.1. The number of hydrogen-bond donors (Lipinski definition) is 1. The molecule has 0 aliphatic carbocycles. The average Bonchev–Trinajstić information content (AvgIpc) is 2.99. The lowest BCUT2D eigenvalue weighted by Gasteiger charge is -2.02. The molecule has 0 aliphatic heterocycles. The summed E-state index contributed by atoms with van der Waals surface area (Å²) in [6.45, 7) is 0. The Bertz CT molecular complexity index is 739. The quantitative estimate of drug-likeness (QED) is 0.579. The Morgan fingerprint density at radius 3 is 3.17 bits per heavy atom. The Morgan fingerprint density at radius 2 is 2.28 bits per heavy atom. The standard InChI is InChI=1S/C11H6N4S3/c16-6-14-9-5-13-11(18-9)15-10-7-2-4-17-8(7)1-3-12-10/h1-5H,(H,12,13,15). The number of nitrogens with zero attached hydrogens (tertiary/aromatic N) is 3. The first-order chi connectivity index (χ1) is 8.86. The highest BCUT2D eigenvalue weighted by molar-refractivity contribution is 7.78. The number of thiophene rings is 1. The summed E-state index contributed by atoms with van der Waals surface area (Å²) >= 11 is 7.65. The molecule has 7 heteroatoms. The summed E-state index contributed by atoms with van der Waals surface area (Å²) in [5.74, 6) is 0.806. The van der Waals surface area contributed by atoms with Gasteiger partial charge >= 0.3 is 0 Å². The first-order valence-corrected chi connectivity index (χ1v) is 7.10. The molecule has 0 aromatic carbocycles. The van der Waals surface area contributed by atoms with Gasteiger partial charge in [-0.05, 0) is 29.7 Å². The molecule has 0 saturated carbocycles. The normalized spacial score (nSPS) is 10.2. The van der Waals surface area contributed by atoms with Gasteiger partial charge in [-0.1, -0.05) is 11.3 Å². The van der Waals surface area contributed by atoms with Gasteiger partial charge in [0.2, 0.25) is 0 Å². The Hall–Kier alpha value is -1.66. The molecule has 0 aliphatic rings. The highest BCUT2D eigenvalue weighted by Gasteiger charge is 2.06. The molecule has 4 nitrogen and oxygen atoms in total. The third-order valence-corrected chi connectivity index (χ3v) is 4.03. The average molecular weight is 290 g/mol. The zero-order valence-electron chi connectivity index (χ0n) is 8.95. The van der Waals surface area contributed by atoms with Crippen LogP contribution >= 0.6 is 34.9 Å². The minimum absolute atomic E-state index is 0.727. The lowest BCUT2D eigenvalue weighted by atomic mass is 10.3. The van der Waals surface area contributed by atoms with Crippen LogP contribution in [-0.2, 0) is 0 Å². The summed E-state index contributed by atoms with van der Waals surface area (Å²) in [4.78, 5) is 12.4. The molecule has 1 N–H and O–H groups in total. The van der Waals surface area contributed by atoms with E-state index in [1.807, 2.05) is 17.5 Å². The fourth-order valence-electron chi connectivity index (χ4n) is 1.52. The molecule has 88 valence electrons. The van der Waals surface area contributed by atoms with Gasteiger partial charge in [-0.2, -0.15) is 4.99 Å². The molecular formula is C11H6N4S3. The Balaban J connectivity index is 1.95. The maximum atomic E-state index is 4.56. The molecule has 0 atom stereocenters. The minimum atomic E-state index is 0.727. The van der Waals surface area contributed by atoms with Gasteiger partial charge in [0, 0.05) is 16.3 Å². The van der Waals surface area contributed by atoms with E-state index in [0.29, 0.717) is 0 Å². The number of fused-ring (bicyclic) bond motifs is 1. The van der Waals surface area contributed by atoms with E-state index in [9.17, 15) is 0 Å². The van der Waals surface area contributed by atoms with E-state index >= 15 is 0 Å². The number of aromatic nitrogens is 2. The minimum Gasteiger partial charge on any atom is -0.316 e. The van der Waals surface area contributed by atoms with Crippen molar-refractivity contribution in [2.45, 2.75) is 0 Å². The molecule has 0 bridgehead atoms. The fourth-order valence-corrected chi connectivity index (χ4v) is 3.10. The third-order valence-electron chi connectivity index (χ3n) is 2.25. The molecular weight excluding hydrogens is 284 g/mol. The first-order valence-electron chi connectivity index (χ1n) is 5.00. The van der Waals surface area contributed by atoms with Gasteiger partial charge in [0.15, 0.2) is 5.13 Å². The van der Waals surface area contributed by atoms with Gasteiger partial charge in [0.1, 0.15) is 10.8 Å². The van der Waals surface area contributed by atoms with Gasteiger partial charge in [-0.25, -0.2) is 9.97 Å². The molecule has 3 aromatic heterocycles. The molecule has 0 spiro atoms. The maximum absolute atomic E-state index is 4.56. The molecule has 3 rings (SSSR count). The van der Waals surface area contributed by atoms with Crippen molar-refractivity contribution in [2.24, 2.45) is 4.99 Å².